The maximum Gasteiger partial charge on any atom is 0.236 e. The van der Waals surface area contributed by atoms with E-state index < -0.39 is 0 Å². The molecule has 6 nitrogen and oxygen atoms in total. The van der Waals surface area contributed by atoms with Crippen molar-refractivity contribution in [3.8, 4) is 0 Å². The molecule has 3 amide bonds. The van der Waals surface area contributed by atoms with E-state index in [4.69, 9.17) is 5.73 Å². The minimum absolute atomic E-state index is 0.0718. The van der Waals surface area contributed by atoms with Gasteiger partial charge in [-0.15, -0.1) is 0 Å². The Morgan fingerprint density at radius 1 is 1.33 bits per heavy atom. The summed E-state index contributed by atoms with van der Waals surface area (Å²) in [6.45, 7) is 0.586. The van der Waals surface area contributed by atoms with Gasteiger partial charge in [0.1, 0.15) is 0 Å². The van der Waals surface area contributed by atoms with Crippen LogP contribution in [-0.2, 0) is 14.4 Å². The summed E-state index contributed by atoms with van der Waals surface area (Å²) in [6.07, 6.45) is 0. The Hall–Kier alpha value is -1.43. The predicted octanol–water partition coefficient (Wildman–Crippen LogP) is -1.98. The van der Waals surface area contributed by atoms with E-state index in [0.717, 1.165) is 4.90 Å². The first-order chi connectivity index (χ1) is 7.06. The number of hydrogen-bond donors (Lipinski definition) is 1. The number of fused-ring (bicyclic) bond motifs is 1. The maximum absolute atomic E-state index is 11.6. The molecule has 2 N–H and O–H groups in total. The number of nitrogens with two attached hydrogens (primary N) is 1. The first-order valence-electron chi connectivity index (χ1n) is 4.85. The summed E-state index contributed by atoms with van der Waals surface area (Å²) < 4.78 is 0. The Bertz CT molecular complexity index is 317. The molecule has 2 heterocycles. The van der Waals surface area contributed by atoms with E-state index in [1.54, 1.807) is 0 Å². The quantitative estimate of drug-likeness (QED) is 0.509. The third-order valence-electron chi connectivity index (χ3n) is 3.14. The third kappa shape index (κ3) is 1.32. The van der Waals surface area contributed by atoms with Crippen molar-refractivity contribution in [3.63, 3.8) is 0 Å². The molecule has 0 unspecified atom stereocenters. The van der Waals surface area contributed by atoms with Crippen LogP contribution in [0.15, 0.2) is 0 Å². The van der Waals surface area contributed by atoms with E-state index >= 15 is 0 Å². The number of nitrogens with zero attached hydrogens (tertiary/aromatic N) is 2. The fraction of sp³-hybridized carbons (Fsp3) is 0.667. The van der Waals surface area contributed by atoms with Gasteiger partial charge in [0, 0.05) is 20.1 Å². The van der Waals surface area contributed by atoms with Crippen LogP contribution in [0.3, 0.4) is 0 Å². The molecule has 2 aliphatic rings. The summed E-state index contributed by atoms with van der Waals surface area (Å²) >= 11 is 0. The minimum Gasteiger partial charge on any atom is -0.340 e. The van der Waals surface area contributed by atoms with Gasteiger partial charge in [-0.25, -0.2) is 0 Å². The first kappa shape index (κ1) is 10.1. The predicted molar refractivity (Wildman–Crippen MR) is 50.4 cm³/mol. The van der Waals surface area contributed by atoms with Gasteiger partial charge in [-0.05, 0) is 0 Å². The zero-order valence-corrected chi connectivity index (χ0v) is 8.47. The van der Waals surface area contributed by atoms with Crippen molar-refractivity contribution in [3.05, 3.63) is 0 Å². The fourth-order valence-electron chi connectivity index (χ4n) is 2.24. The highest BCUT2D eigenvalue weighted by Gasteiger charge is 2.51. The highest BCUT2D eigenvalue weighted by Crippen LogP contribution is 2.32. The molecule has 2 aliphatic heterocycles. The van der Waals surface area contributed by atoms with E-state index in [-0.39, 0.29) is 36.1 Å². The molecular formula is C9H13N3O3. The Kier molecular flexibility index (Phi) is 2.22. The summed E-state index contributed by atoms with van der Waals surface area (Å²) in [7, 11) is 1.48. The van der Waals surface area contributed by atoms with Gasteiger partial charge in [0.25, 0.3) is 0 Å². The standard InChI is InChI=1S/C9H13N3O3/c1-11-8(14)5-3-12(7(13)2-10)4-6(5)9(11)15/h5-6H,2-4,10H2,1H3/t5-,6-/m0/s1. The molecule has 2 saturated heterocycles. The van der Waals surface area contributed by atoms with Gasteiger partial charge in [-0.3, -0.25) is 19.3 Å². The molecule has 0 aromatic heterocycles. The zero-order chi connectivity index (χ0) is 11.2. The number of carbonyl (C=O) groups excluding carboxylic acids is 3. The van der Waals surface area contributed by atoms with Crippen molar-refractivity contribution in [2.24, 2.45) is 17.6 Å². The summed E-state index contributed by atoms with van der Waals surface area (Å²) in [6, 6.07) is 0. The lowest BCUT2D eigenvalue weighted by Gasteiger charge is -2.17. The number of amides is 3. The number of hydrogen-bond acceptors (Lipinski definition) is 4. The topological polar surface area (TPSA) is 83.7 Å². The Morgan fingerprint density at radius 3 is 2.20 bits per heavy atom. The van der Waals surface area contributed by atoms with Crippen LogP contribution in [-0.4, -0.2) is 54.2 Å². The highest BCUT2D eigenvalue weighted by molar-refractivity contribution is 6.06. The molecule has 0 spiro atoms. The molecule has 6 heteroatoms. The van der Waals surface area contributed by atoms with Crippen LogP contribution in [0.5, 0.6) is 0 Å². The lowest BCUT2D eigenvalue weighted by atomic mass is 10.00. The van der Waals surface area contributed by atoms with Crippen molar-refractivity contribution in [2.45, 2.75) is 0 Å². The van der Waals surface area contributed by atoms with Gasteiger partial charge in [0.15, 0.2) is 0 Å². The van der Waals surface area contributed by atoms with E-state index in [9.17, 15) is 14.4 Å². The molecule has 2 atom stereocenters. The first-order valence-corrected chi connectivity index (χ1v) is 4.85. The number of carbonyl (C=O) groups is 3. The summed E-state index contributed by atoms with van der Waals surface area (Å²) in [5.74, 6) is -1.27. The third-order valence-corrected chi connectivity index (χ3v) is 3.14. The fourth-order valence-corrected chi connectivity index (χ4v) is 2.24. The summed E-state index contributed by atoms with van der Waals surface area (Å²) in [5, 5.41) is 0. The second-order valence-electron chi connectivity index (χ2n) is 3.95. The molecule has 15 heavy (non-hydrogen) atoms. The SMILES string of the molecule is CN1C(=O)[C@H]2CN(C(=O)CN)C[C@@H]2C1=O. The monoisotopic (exact) mass is 211 g/mol. The second kappa shape index (κ2) is 3.30. The smallest absolute Gasteiger partial charge is 0.236 e. The molecule has 0 aromatic carbocycles. The van der Waals surface area contributed by atoms with Crippen LogP contribution in [0.4, 0.5) is 0 Å². The van der Waals surface area contributed by atoms with Crippen LogP contribution in [0.1, 0.15) is 0 Å². The van der Waals surface area contributed by atoms with E-state index in [1.165, 1.54) is 11.9 Å². The molecular weight excluding hydrogens is 198 g/mol. The normalized spacial score (nSPS) is 30.0. The number of imide groups is 1. The van der Waals surface area contributed by atoms with Crippen LogP contribution >= 0.6 is 0 Å². The summed E-state index contributed by atoms with van der Waals surface area (Å²) in [5.41, 5.74) is 5.23. The molecule has 0 radical (unpaired) electrons. The van der Waals surface area contributed by atoms with Gasteiger partial charge in [0.2, 0.25) is 17.7 Å². The van der Waals surface area contributed by atoms with Crippen LogP contribution in [0, 0.1) is 11.8 Å². The lowest BCUT2D eigenvalue weighted by Crippen LogP contribution is -2.38. The molecule has 2 fully saturated rings. The Morgan fingerprint density at radius 2 is 1.80 bits per heavy atom. The van der Waals surface area contributed by atoms with Crippen molar-refractivity contribution >= 4 is 17.7 Å². The molecule has 0 aromatic rings. The Balaban J connectivity index is 2.15. The van der Waals surface area contributed by atoms with E-state index in [2.05, 4.69) is 0 Å². The second-order valence-corrected chi connectivity index (χ2v) is 3.95. The molecule has 82 valence electrons. The number of rotatable bonds is 1. The van der Waals surface area contributed by atoms with Crippen molar-refractivity contribution in [1.82, 2.24) is 9.80 Å². The average Bonchev–Trinajstić information content (AvgIpc) is 2.75. The average molecular weight is 211 g/mol. The largest absolute Gasteiger partial charge is 0.340 e. The highest BCUT2D eigenvalue weighted by atomic mass is 16.2. The van der Waals surface area contributed by atoms with Gasteiger partial charge in [-0.1, -0.05) is 0 Å². The van der Waals surface area contributed by atoms with Gasteiger partial charge in [0.05, 0.1) is 18.4 Å². The molecule has 0 aliphatic carbocycles. The van der Waals surface area contributed by atoms with Crippen molar-refractivity contribution < 1.29 is 14.4 Å². The van der Waals surface area contributed by atoms with Gasteiger partial charge >= 0.3 is 0 Å². The molecule has 0 bridgehead atoms. The van der Waals surface area contributed by atoms with Crippen LogP contribution in [0.25, 0.3) is 0 Å². The molecule has 2 rings (SSSR count). The van der Waals surface area contributed by atoms with Crippen molar-refractivity contribution in [2.75, 3.05) is 26.7 Å². The van der Waals surface area contributed by atoms with Gasteiger partial charge in [-0.2, -0.15) is 0 Å². The van der Waals surface area contributed by atoms with Crippen molar-refractivity contribution in [1.29, 1.82) is 0 Å². The summed E-state index contributed by atoms with van der Waals surface area (Å²) in [4.78, 5) is 37.1. The lowest BCUT2D eigenvalue weighted by molar-refractivity contribution is -0.139. The Labute approximate surface area is 87.0 Å². The van der Waals surface area contributed by atoms with Crippen LogP contribution in [0.2, 0.25) is 0 Å². The zero-order valence-electron chi connectivity index (χ0n) is 8.47. The van der Waals surface area contributed by atoms with E-state index in [0.29, 0.717) is 13.1 Å². The van der Waals surface area contributed by atoms with Crippen LogP contribution < -0.4 is 5.73 Å². The minimum atomic E-state index is -0.349. The molecule has 0 saturated carbocycles. The number of likely N-dealkylation sites (tertiary alicyclic amines) is 2. The van der Waals surface area contributed by atoms with E-state index in [1.807, 2.05) is 0 Å². The van der Waals surface area contributed by atoms with Gasteiger partial charge < -0.3 is 10.6 Å². The maximum atomic E-state index is 11.6.